The Kier molecular flexibility index (Phi) is 4.18. The molecule has 1 atom stereocenters. The van der Waals surface area contributed by atoms with E-state index in [0.717, 1.165) is 12.8 Å². The van der Waals surface area contributed by atoms with Gasteiger partial charge in [0.1, 0.15) is 6.61 Å². The second-order valence-electron chi connectivity index (χ2n) is 3.97. The molecule has 94 valence electrons. The second-order valence-corrected chi connectivity index (χ2v) is 4.24. The molecule has 1 aliphatic rings. The summed E-state index contributed by atoms with van der Waals surface area (Å²) in [5.74, 6) is -1.73. The molecule has 0 aliphatic carbocycles. The Morgan fingerprint density at radius 2 is 2.06 bits per heavy atom. The van der Waals surface area contributed by atoms with Crippen LogP contribution in [-0.2, 0) is 10.6 Å². The highest BCUT2D eigenvalue weighted by Crippen LogP contribution is 2.25. The summed E-state index contributed by atoms with van der Waals surface area (Å²) in [6.45, 7) is 0.859. The molecule has 5 heteroatoms. The van der Waals surface area contributed by atoms with Crippen LogP contribution in [0.2, 0.25) is 0 Å². The number of hydrogen-bond donors (Lipinski definition) is 0. The fourth-order valence-electron chi connectivity index (χ4n) is 1.78. The average Bonchev–Trinajstić information content (AvgIpc) is 2.80. The number of benzene rings is 1. The van der Waals surface area contributed by atoms with Gasteiger partial charge in [0.05, 0.1) is 6.10 Å². The molecule has 1 saturated heterocycles. The van der Waals surface area contributed by atoms with Gasteiger partial charge in [-0.3, -0.25) is 0 Å². The summed E-state index contributed by atoms with van der Waals surface area (Å²) in [6, 6.07) is 2.36. The third-order valence-electron chi connectivity index (χ3n) is 2.65. The molecular formula is C12H13ClF2O2. The number of halogens is 3. The number of hydrogen-bond acceptors (Lipinski definition) is 2. The Morgan fingerprint density at radius 1 is 1.35 bits per heavy atom. The van der Waals surface area contributed by atoms with E-state index in [1.54, 1.807) is 0 Å². The zero-order valence-corrected chi connectivity index (χ0v) is 9.97. The van der Waals surface area contributed by atoms with E-state index in [0.29, 0.717) is 12.2 Å². The van der Waals surface area contributed by atoms with E-state index in [4.69, 9.17) is 21.1 Å². The first-order valence-electron chi connectivity index (χ1n) is 5.49. The predicted molar refractivity (Wildman–Crippen MR) is 60.4 cm³/mol. The van der Waals surface area contributed by atoms with Crippen LogP contribution in [0.4, 0.5) is 8.78 Å². The maximum Gasteiger partial charge on any atom is 0.190 e. The summed E-state index contributed by atoms with van der Waals surface area (Å²) >= 11 is 5.51. The van der Waals surface area contributed by atoms with Crippen molar-refractivity contribution < 1.29 is 18.3 Å². The molecule has 1 aromatic rings. The average molecular weight is 263 g/mol. The minimum atomic E-state index is -0.723. The van der Waals surface area contributed by atoms with Crippen molar-refractivity contribution >= 4 is 11.6 Å². The molecule has 1 aromatic carbocycles. The van der Waals surface area contributed by atoms with Crippen LogP contribution in [0.15, 0.2) is 12.1 Å². The first kappa shape index (κ1) is 12.6. The first-order valence-corrected chi connectivity index (χ1v) is 6.02. The standard InChI is InChI=1S/C12H13ClF2O2/c13-6-8-4-10(14)12(11(15)5-8)17-7-9-2-1-3-16-9/h4-5,9H,1-3,6-7H2. The zero-order chi connectivity index (χ0) is 12.3. The van der Waals surface area contributed by atoms with E-state index in [1.165, 1.54) is 12.1 Å². The van der Waals surface area contributed by atoms with Gasteiger partial charge in [-0.05, 0) is 30.5 Å². The van der Waals surface area contributed by atoms with Gasteiger partial charge in [-0.2, -0.15) is 0 Å². The largest absolute Gasteiger partial charge is 0.485 e. The minimum Gasteiger partial charge on any atom is -0.485 e. The van der Waals surface area contributed by atoms with Gasteiger partial charge in [0.2, 0.25) is 0 Å². The molecule has 17 heavy (non-hydrogen) atoms. The summed E-state index contributed by atoms with van der Waals surface area (Å²) in [5.41, 5.74) is 0.395. The molecule has 1 heterocycles. The molecule has 0 radical (unpaired) electrons. The van der Waals surface area contributed by atoms with E-state index < -0.39 is 11.6 Å². The fraction of sp³-hybridized carbons (Fsp3) is 0.500. The highest BCUT2D eigenvalue weighted by molar-refractivity contribution is 6.17. The number of ether oxygens (including phenoxy) is 2. The molecule has 0 spiro atoms. The Balaban J connectivity index is 2.04. The minimum absolute atomic E-state index is 0.0681. The molecule has 0 aromatic heterocycles. The lowest BCUT2D eigenvalue weighted by Crippen LogP contribution is -2.17. The maximum atomic E-state index is 13.5. The fourth-order valence-corrected chi connectivity index (χ4v) is 1.93. The van der Waals surface area contributed by atoms with Crippen molar-refractivity contribution in [1.29, 1.82) is 0 Å². The summed E-state index contributed by atoms with van der Waals surface area (Å²) in [4.78, 5) is 0. The second kappa shape index (κ2) is 5.65. The Morgan fingerprint density at radius 3 is 2.59 bits per heavy atom. The Labute approximate surface area is 103 Å². The van der Waals surface area contributed by atoms with Gasteiger partial charge in [-0.15, -0.1) is 11.6 Å². The Hall–Kier alpha value is -0.870. The van der Waals surface area contributed by atoms with Crippen LogP contribution in [0.1, 0.15) is 18.4 Å². The van der Waals surface area contributed by atoms with Crippen LogP contribution < -0.4 is 4.74 Å². The zero-order valence-electron chi connectivity index (χ0n) is 9.22. The van der Waals surface area contributed by atoms with Gasteiger partial charge in [-0.1, -0.05) is 0 Å². The molecule has 0 N–H and O–H groups in total. The quantitative estimate of drug-likeness (QED) is 0.776. The predicted octanol–water partition coefficient (Wildman–Crippen LogP) is 3.26. The topological polar surface area (TPSA) is 18.5 Å². The lowest BCUT2D eigenvalue weighted by Gasteiger charge is -2.13. The van der Waals surface area contributed by atoms with Crippen molar-refractivity contribution in [3.8, 4) is 5.75 Å². The normalized spacial score (nSPS) is 19.6. The van der Waals surface area contributed by atoms with Crippen LogP contribution >= 0.6 is 11.6 Å². The number of rotatable bonds is 4. The molecule has 1 unspecified atom stereocenters. The van der Waals surface area contributed by atoms with Crippen molar-refractivity contribution in [3.63, 3.8) is 0 Å². The summed E-state index contributed by atoms with van der Waals surface area (Å²) < 4.78 is 37.5. The van der Waals surface area contributed by atoms with Crippen molar-refractivity contribution in [3.05, 3.63) is 29.3 Å². The molecule has 2 nitrogen and oxygen atoms in total. The van der Waals surface area contributed by atoms with Crippen LogP contribution in [0.25, 0.3) is 0 Å². The van der Waals surface area contributed by atoms with E-state index >= 15 is 0 Å². The monoisotopic (exact) mass is 262 g/mol. The smallest absolute Gasteiger partial charge is 0.190 e. The van der Waals surface area contributed by atoms with Gasteiger partial charge in [0.25, 0.3) is 0 Å². The van der Waals surface area contributed by atoms with Gasteiger partial charge in [0.15, 0.2) is 17.4 Å². The lowest BCUT2D eigenvalue weighted by molar-refractivity contribution is 0.0650. The van der Waals surface area contributed by atoms with E-state index in [-0.39, 0.29) is 24.3 Å². The summed E-state index contributed by atoms with van der Waals surface area (Å²) in [7, 11) is 0. The van der Waals surface area contributed by atoms with E-state index in [2.05, 4.69) is 0 Å². The molecule has 2 rings (SSSR count). The molecule has 1 fully saturated rings. The van der Waals surface area contributed by atoms with Gasteiger partial charge < -0.3 is 9.47 Å². The van der Waals surface area contributed by atoms with Crippen molar-refractivity contribution in [1.82, 2.24) is 0 Å². The molecule has 1 aliphatic heterocycles. The van der Waals surface area contributed by atoms with E-state index in [9.17, 15) is 8.78 Å². The highest BCUT2D eigenvalue weighted by atomic mass is 35.5. The maximum absolute atomic E-state index is 13.5. The Bertz CT molecular complexity index is 369. The third-order valence-corrected chi connectivity index (χ3v) is 2.96. The van der Waals surface area contributed by atoms with Crippen molar-refractivity contribution in [2.45, 2.75) is 24.8 Å². The SMILES string of the molecule is Fc1cc(CCl)cc(F)c1OCC1CCCO1. The van der Waals surface area contributed by atoms with Gasteiger partial charge in [0, 0.05) is 12.5 Å². The molecular weight excluding hydrogens is 250 g/mol. The molecule has 0 saturated carbocycles. The van der Waals surface area contributed by atoms with Crippen LogP contribution in [-0.4, -0.2) is 19.3 Å². The summed E-state index contributed by atoms with van der Waals surface area (Å²) in [5, 5.41) is 0. The van der Waals surface area contributed by atoms with Gasteiger partial charge in [-0.25, -0.2) is 8.78 Å². The lowest BCUT2D eigenvalue weighted by atomic mass is 10.2. The van der Waals surface area contributed by atoms with Gasteiger partial charge >= 0.3 is 0 Å². The number of alkyl halides is 1. The van der Waals surface area contributed by atoms with Crippen LogP contribution in [0.3, 0.4) is 0 Å². The molecule has 0 bridgehead atoms. The molecule has 0 amide bonds. The van der Waals surface area contributed by atoms with E-state index in [1.807, 2.05) is 0 Å². The first-order chi connectivity index (χ1) is 8.20. The van der Waals surface area contributed by atoms with Crippen molar-refractivity contribution in [2.75, 3.05) is 13.2 Å². The van der Waals surface area contributed by atoms with Crippen LogP contribution in [0, 0.1) is 11.6 Å². The summed E-state index contributed by atoms with van der Waals surface area (Å²) in [6.07, 6.45) is 1.76. The van der Waals surface area contributed by atoms with Crippen LogP contribution in [0.5, 0.6) is 5.75 Å². The highest BCUT2D eigenvalue weighted by Gasteiger charge is 2.19. The third kappa shape index (κ3) is 3.07. The van der Waals surface area contributed by atoms with Crippen molar-refractivity contribution in [2.24, 2.45) is 0 Å².